The largest absolute Gasteiger partial charge is 0.332 e. The molecule has 1 rings (SSSR count). The summed E-state index contributed by atoms with van der Waals surface area (Å²) in [6.45, 7) is 12.6. The number of hydrogen-bond acceptors (Lipinski definition) is 3. The number of nitrogens with zero attached hydrogens (tertiary/aromatic N) is 3. The summed E-state index contributed by atoms with van der Waals surface area (Å²) in [6, 6.07) is 0. The Kier molecular flexibility index (Phi) is 4.50. The molecule has 0 aliphatic carbocycles. The summed E-state index contributed by atoms with van der Waals surface area (Å²) in [6.07, 6.45) is 3.73. The molecule has 0 aliphatic rings. The maximum absolute atomic E-state index is 6.10. The number of rotatable bonds is 6. The highest BCUT2D eigenvalue weighted by Gasteiger charge is 2.18. The standard InChI is InChI=1S/C12H24N4/c1-5-15(6-2)7-8-16-10-14-9-11(16)12(3,4)13/h9-10H,5-8,13H2,1-4H3. The maximum atomic E-state index is 6.10. The van der Waals surface area contributed by atoms with Gasteiger partial charge < -0.3 is 15.2 Å². The van der Waals surface area contributed by atoms with Gasteiger partial charge in [-0.15, -0.1) is 0 Å². The van der Waals surface area contributed by atoms with Gasteiger partial charge in [0.1, 0.15) is 0 Å². The molecule has 0 aromatic carbocycles. The van der Waals surface area contributed by atoms with Crippen molar-refractivity contribution in [3.05, 3.63) is 18.2 Å². The van der Waals surface area contributed by atoms with Gasteiger partial charge in [0.2, 0.25) is 0 Å². The van der Waals surface area contributed by atoms with Crippen LogP contribution >= 0.6 is 0 Å². The van der Waals surface area contributed by atoms with E-state index in [-0.39, 0.29) is 5.54 Å². The lowest BCUT2D eigenvalue weighted by atomic mass is 10.0. The van der Waals surface area contributed by atoms with Crippen molar-refractivity contribution >= 4 is 0 Å². The van der Waals surface area contributed by atoms with Crippen LogP contribution in [0.5, 0.6) is 0 Å². The Balaban J connectivity index is 2.64. The zero-order chi connectivity index (χ0) is 12.2. The van der Waals surface area contributed by atoms with E-state index in [9.17, 15) is 0 Å². The first-order chi connectivity index (χ1) is 7.49. The minimum absolute atomic E-state index is 0.320. The van der Waals surface area contributed by atoms with Crippen LogP contribution in [0.2, 0.25) is 0 Å². The fourth-order valence-corrected chi connectivity index (χ4v) is 1.82. The Morgan fingerprint density at radius 3 is 2.50 bits per heavy atom. The van der Waals surface area contributed by atoms with Crippen molar-refractivity contribution in [1.29, 1.82) is 0 Å². The van der Waals surface area contributed by atoms with Gasteiger partial charge in [-0.1, -0.05) is 13.8 Å². The Morgan fingerprint density at radius 1 is 1.38 bits per heavy atom. The fourth-order valence-electron chi connectivity index (χ4n) is 1.82. The first-order valence-electron chi connectivity index (χ1n) is 6.00. The summed E-state index contributed by atoms with van der Waals surface area (Å²) in [5, 5.41) is 0. The quantitative estimate of drug-likeness (QED) is 0.795. The molecule has 0 radical (unpaired) electrons. The van der Waals surface area contributed by atoms with E-state index in [1.54, 1.807) is 0 Å². The van der Waals surface area contributed by atoms with Gasteiger partial charge in [0.05, 0.1) is 17.6 Å². The average Bonchev–Trinajstić information content (AvgIpc) is 2.67. The SMILES string of the molecule is CCN(CC)CCn1cncc1C(C)(C)N. The molecule has 0 amide bonds. The van der Waals surface area contributed by atoms with E-state index < -0.39 is 0 Å². The molecule has 2 N–H and O–H groups in total. The van der Waals surface area contributed by atoms with Crippen molar-refractivity contribution < 1.29 is 0 Å². The molecule has 0 saturated heterocycles. The molecular formula is C12H24N4. The first-order valence-corrected chi connectivity index (χ1v) is 6.00. The zero-order valence-electron chi connectivity index (χ0n) is 10.9. The summed E-state index contributed by atoms with van der Waals surface area (Å²) in [7, 11) is 0. The van der Waals surface area contributed by atoms with E-state index in [1.165, 1.54) is 0 Å². The van der Waals surface area contributed by atoms with Crippen molar-refractivity contribution in [1.82, 2.24) is 14.5 Å². The van der Waals surface area contributed by atoms with E-state index in [0.29, 0.717) is 0 Å². The molecule has 16 heavy (non-hydrogen) atoms. The summed E-state index contributed by atoms with van der Waals surface area (Å²) >= 11 is 0. The van der Waals surface area contributed by atoms with Gasteiger partial charge in [0.15, 0.2) is 0 Å². The predicted octanol–water partition coefficient (Wildman–Crippen LogP) is 1.42. The van der Waals surface area contributed by atoms with E-state index in [4.69, 9.17) is 5.73 Å². The number of likely N-dealkylation sites (N-methyl/N-ethyl adjacent to an activating group) is 1. The number of nitrogens with two attached hydrogens (primary N) is 1. The first kappa shape index (κ1) is 13.2. The lowest BCUT2D eigenvalue weighted by Gasteiger charge is -2.23. The second kappa shape index (κ2) is 5.46. The van der Waals surface area contributed by atoms with Gasteiger partial charge in [-0.25, -0.2) is 4.98 Å². The van der Waals surface area contributed by atoms with Crippen molar-refractivity contribution in [2.45, 2.75) is 39.8 Å². The molecule has 0 aliphatic heterocycles. The number of hydrogen-bond donors (Lipinski definition) is 1. The molecule has 1 heterocycles. The second-order valence-electron chi connectivity index (χ2n) is 4.72. The molecule has 0 unspecified atom stereocenters. The van der Waals surface area contributed by atoms with Crippen LogP contribution in [0.1, 0.15) is 33.4 Å². The smallest absolute Gasteiger partial charge is 0.0949 e. The maximum Gasteiger partial charge on any atom is 0.0949 e. The summed E-state index contributed by atoms with van der Waals surface area (Å²) in [4.78, 5) is 6.58. The van der Waals surface area contributed by atoms with E-state index in [0.717, 1.165) is 31.9 Å². The Bertz CT molecular complexity index is 307. The van der Waals surface area contributed by atoms with Crippen molar-refractivity contribution in [3.8, 4) is 0 Å². The van der Waals surface area contributed by atoms with Crippen LogP contribution in [0.15, 0.2) is 12.5 Å². The molecule has 1 aromatic rings. The summed E-state index contributed by atoms with van der Waals surface area (Å²) in [5.74, 6) is 0. The lowest BCUT2D eigenvalue weighted by molar-refractivity contribution is 0.286. The van der Waals surface area contributed by atoms with Crippen molar-refractivity contribution in [2.24, 2.45) is 5.73 Å². The van der Waals surface area contributed by atoms with E-state index in [1.807, 2.05) is 26.4 Å². The van der Waals surface area contributed by atoms with Crippen LogP contribution in [-0.4, -0.2) is 34.1 Å². The summed E-state index contributed by atoms with van der Waals surface area (Å²) in [5.41, 5.74) is 6.88. The van der Waals surface area contributed by atoms with E-state index in [2.05, 4.69) is 28.3 Å². The van der Waals surface area contributed by atoms with Gasteiger partial charge in [-0.05, 0) is 26.9 Å². The Hall–Kier alpha value is -0.870. The molecule has 0 atom stereocenters. The van der Waals surface area contributed by atoms with Gasteiger partial charge >= 0.3 is 0 Å². The highest BCUT2D eigenvalue weighted by molar-refractivity contribution is 5.09. The Morgan fingerprint density at radius 2 is 2.00 bits per heavy atom. The van der Waals surface area contributed by atoms with Gasteiger partial charge in [-0.2, -0.15) is 0 Å². The molecule has 0 saturated carbocycles. The second-order valence-corrected chi connectivity index (χ2v) is 4.72. The monoisotopic (exact) mass is 224 g/mol. The number of aromatic nitrogens is 2. The highest BCUT2D eigenvalue weighted by Crippen LogP contribution is 2.15. The van der Waals surface area contributed by atoms with Gasteiger partial charge in [0.25, 0.3) is 0 Å². The third-order valence-corrected chi connectivity index (χ3v) is 2.92. The molecule has 4 nitrogen and oxygen atoms in total. The molecular weight excluding hydrogens is 200 g/mol. The van der Waals surface area contributed by atoms with Crippen LogP contribution in [0.4, 0.5) is 0 Å². The minimum Gasteiger partial charge on any atom is -0.332 e. The van der Waals surface area contributed by atoms with Gasteiger partial charge in [0, 0.05) is 19.3 Å². The third-order valence-electron chi connectivity index (χ3n) is 2.92. The molecule has 0 spiro atoms. The van der Waals surface area contributed by atoms with Crippen molar-refractivity contribution in [2.75, 3.05) is 19.6 Å². The molecule has 0 fully saturated rings. The Labute approximate surface area is 98.5 Å². The zero-order valence-corrected chi connectivity index (χ0v) is 10.9. The molecule has 0 bridgehead atoms. The third kappa shape index (κ3) is 3.32. The van der Waals surface area contributed by atoms with Crippen LogP contribution in [0.3, 0.4) is 0 Å². The number of imidazole rings is 1. The van der Waals surface area contributed by atoms with Crippen molar-refractivity contribution in [3.63, 3.8) is 0 Å². The minimum atomic E-state index is -0.320. The average molecular weight is 224 g/mol. The topological polar surface area (TPSA) is 47.1 Å². The fraction of sp³-hybridized carbons (Fsp3) is 0.750. The molecule has 1 aromatic heterocycles. The van der Waals surface area contributed by atoms with Gasteiger partial charge in [-0.3, -0.25) is 0 Å². The predicted molar refractivity (Wildman–Crippen MR) is 67.2 cm³/mol. The molecule has 4 heteroatoms. The highest BCUT2D eigenvalue weighted by atomic mass is 15.2. The van der Waals surface area contributed by atoms with Crippen LogP contribution in [-0.2, 0) is 12.1 Å². The van der Waals surface area contributed by atoms with Crippen LogP contribution < -0.4 is 5.73 Å². The summed E-state index contributed by atoms with van der Waals surface area (Å²) < 4.78 is 2.15. The van der Waals surface area contributed by atoms with E-state index >= 15 is 0 Å². The molecule has 92 valence electrons. The van der Waals surface area contributed by atoms with Crippen LogP contribution in [0, 0.1) is 0 Å². The lowest BCUT2D eigenvalue weighted by Crippen LogP contribution is -2.33. The normalized spacial score (nSPS) is 12.4. The van der Waals surface area contributed by atoms with Crippen LogP contribution in [0.25, 0.3) is 0 Å².